The van der Waals surface area contributed by atoms with E-state index in [1.54, 1.807) is 12.3 Å². The van der Waals surface area contributed by atoms with Gasteiger partial charge >= 0.3 is 0 Å². The maximum Gasteiger partial charge on any atom is 0.240 e. The van der Waals surface area contributed by atoms with Crippen LogP contribution in [0.5, 0.6) is 0 Å². The van der Waals surface area contributed by atoms with Crippen molar-refractivity contribution in [2.75, 3.05) is 4.90 Å². The van der Waals surface area contributed by atoms with Crippen molar-refractivity contribution in [3.05, 3.63) is 105 Å². The van der Waals surface area contributed by atoms with E-state index in [0.29, 0.717) is 5.02 Å². The fourth-order valence-corrected chi connectivity index (χ4v) is 6.05. The third kappa shape index (κ3) is 3.24. The average Bonchev–Trinajstić information content (AvgIpc) is 3.32. The number of Topliss-reactive ketones (excluding diaryl/α,β-unsaturated/α-hetero) is 1. The molecule has 8 heteroatoms. The van der Waals surface area contributed by atoms with E-state index in [1.165, 1.54) is 36.4 Å². The lowest BCUT2D eigenvalue weighted by Gasteiger charge is -2.35. The van der Waals surface area contributed by atoms with E-state index in [9.17, 15) is 18.8 Å². The number of fused-ring (bicyclic) bond motifs is 5. The van der Waals surface area contributed by atoms with Crippen molar-refractivity contribution in [1.29, 1.82) is 0 Å². The zero-order valence-corrected chi connectivity index (χ0v) is 19.6. The van der Waals surface area contributed by atoms with Gasteiger partial charge in [0.25, 0.3) is 0 Å². The SMILES string of the molecule is O=C(c1ccc(Cl)cc1Cl)[C@@H]1[C@@H]2C(=O)N(c3ccc(F)cc3)C(=O)[C@@H]2[C@@H]2c3ccccc3C=CN12. The number of halogens is 3. The molecular formula is C27H17Cl2FN2O3. The van der Waals surface area contributed by atoms with E-state index < -0.39 is 41.6 Å². The minimum absolute atomic E-state index is 0.177. The number of ketones is 1. The van der Waals surface area contributed by atoms with Gasteiger partial charge in [-0.1, -0.05) is 47.5 Å². The van der Waals surface area contributed by atoms with Gasteiger partial charge in [-0.3, -0.25) is 14.4 Å². The molecule has 2 amide bonds. The van der Waals surface area contributed by atoms with Gasteiger partial charge in [-0.05, 0) is 59.7 Å². The van der Waals surface area contributed by atoms with Crippen LogP contribution < -0.4 is 4.90 Å². The Morgan fingerprint density at radius 3 is 2.34 bits per heavy atom. The molecular weight excluding hydrogens is 490 g/mol. The van der Waals surface area contributed by atoms with Crippen molar-refractivity contribution in [3.63, 3.8) is 0 Å². The summed E-state index contributed by atoms with van der Waals surface area (Å²) in [5, 5.41) is 0.561. The highest BCUT2D eigenvalue weighted by molar-refractivity contribution is 6.37. The number of imide groups is 1. The number of benzene rings is 3. The summed E-state index contributed by atoms with van der Waals surface area (Å²) in [4.78, 5) is 44.3. The Hall–Kier alpha value is -3.48. The van der Waals surface area contributed by atoms with Crippen molar-refractivity contribution in [1.82, 2.24) is 4.90 Å². The van der Waals surface area contributed by atoms with Crippen LogP contribution in [0.4, 0.5) is 10.1 Å². The lowest BCUT2D eigenvalue weighted by atomic mass is 9.83. The molecule has 0 radical (unpaired) electrons. The van der Waals surface area contributed by atoms with Crippen LogP contribution in [-0.4, -0.2) is 28.5 Å². The number of nitrogens with zero attached hydrogens (tertiary/aromatic N) is 2. The van der Waals surface area contributed by atoms with Crippen LogP contribution in [0, 0.1) is 17.7 Å². The molecule has 0 saturated carbocycles. The minimum atomic E-state index is -0.949. The number of rotatable bonds is 3. The highest BCUT2D eigenvalue weighted by atomic mass is 35.5. The summed E-state index contributed by atoms with van der Waals surface area (Å²) in [6.07, 6.45) is 3.66. The fraction of sp³-hybridized carbons (Fsp3) is 0.148. The lowest BCUT2D eigenvalue weighted by molar-refractivity contribution is -0.123. The molecule has 2 fully saturated rings. The van der Waals surface area contributed by atoms with Gasteiger partial charge in [0.2, 0.25) is 11.8 Å². The minimum Gasteiger partial charge on any atom is -0.358 e. The molecule has 174 valence electrons. The van der Waals surface area contributed by atoms with Crippen molar-refractivity contribution < 1.29 is 18.8 Å². The Kier molecular flexibility index (Phi) is 5.06. The van der Waals surface area contributed by atoms with E-state index >= 15 is 0 Å². The van der Waals surface area contributed by atoms with Gasteiger partial charge in [-0.2, -0.15) is 0 Å². The predicted octanol–water partition coefficient (Wildman–Crippen LogP) is 5.53. The molecule has 5 nitrogen and oxygen atoms in total. The quantitative estimate of drug-likeness (QED) is 0.346. The molecule has 3 heterocycles. The van der Waals surface area contributed by atoms with Gasteiger partial charge in [0.05, 0.1) is 28.6 Å². The number of hydrogen-bond donors (Lipinski definition) is 0. The second-order valence-electron chi connectivity index (χ2n) is 8.81. The van der Waals surface area contributed by atoms with Gasteiger partial charge in [-0.25, -0.2) is 9.29 Å². The second-order valence-corrected chi connectivity index (χ2v) is 9.65. The van der Waals surface area contributed by atoms with E-state index in [-0.39, 0.29) is 22.1 Å². The van der Waals surface area contributed by atoms with E-state index in [0.717, 1.165) is 16.0 Å². The summed E-state index contributed by atoms with van der Waals surface area (Å²) in [7, 11) is 0. The number of carbonyl (C=O) groups is 3. The summed E-state index contributed by atoms with van der Waals surface area (Å²) in [5.41, 5.74) is 2.29. The molecule has 0 N–H and O–H groups in total. The Morgan fingerprint density at radius 1 is 0.886 bits per heavy atom. The van der Waals surface area contributed by atoms with Crippen LogP contribution in [0.2, 0.25) is 10.0 Å². The van der Waals surface area contributed by atoms with Gasteiger partial charge in [-0.15, -0.1) is 0 Å². The summed E-state index contributed by atoms with van der Waals surface area (Å²) >= 11 is 12.4. The normalized spacial score (nSPS) is 24.4. The first-order valence-electron chi connectivity index (χ1n) is 11.0. The molecule has 3 aliphatic rings. The maximum atomic E-state index is 13.9. The van der Waals surface area contributed by atoms with Gasteiger partial charge < -0.3 is 4.90 Å². The van der Waals surface area contributed by atoms with Crippen LogP contribution in [0.15, 0.2) is 72.9 Å². The number of anilines is 1. The Labute approximate surface area is 210 Å². The Bertz CT molecular complexity index is 1440. The molecule has 3 aliphatic heterocycles. The third-order valence-corrected chi connectivity index (χ3v) is 7.56. The fourth-order valence-electron chi connectivity index (χ4n) is 5.55. The number of hydrogen-bond acceptors (Lipinski definition) is 4. The van der Waals surface area contributed by atoms with E-state index in [1.807, 2.05) is 35.2 Å². The molecule has 2 saturated heterocycles. The summed E-state index contributed by atoms with van der Waals surface area (Å²) in [5.74, 6) is -3.47. The average molecular weight is 507 g/mol. The molecule has 4 atom stereocenters. The molecule has 0 aromatic heterocycles. The van der Waals surface area contributed by atoms with Crippen molar-refractivity contribution >= 4 is 52.6 Å². The summed E-state index contributed by atoms with van der Waals surface area (Å²) < 4.78 is 13.5. The summed E-state index contributed by atoms with van der Waals surface area (Å²) in [6, 6.07) is 15.9. The first kappa shape index (κ1) is 22.0. The van der Waals surface area contributed by atoms with Crippen LogP contribution in [0.25, 0.3) is 6.08 Å². The predicted molar refractivity (Wildman–Crippen MR) is 131 cm³/mol. The molecule has 0 unspecified atom stereocenters. The van der Waals surface area contributed by atoms with Gasteiger partial charge in [0.1, 0.15) is 11.9 Å². The molecule has 0 spiro atoms. The first-order chi connectivity index (χ1) is 16.9. The highest BCUT2D eigenvalue weighted by Crippen LogP contribution is 2.53. The van der Waals surface area contributed by atoms with E-state index in [2.05, 4.69) is 0 Å². The second kappa shape index (κ2) is 8.04. The molecule has 0 bridgehead atoms. The van der Waals surface area contributed by atoms with Crippen LogP contribution in [0.1, 0.15) is 27.5 Å². The number of carbonyl (C=O) groups excluding carboxylic acids is 3. The van der Waals surface area contributed by atoms with E-state index in [4.69, 9.17) is 23.2 Å². The van der Waals surface area contributed by atoms with Gasteiger partial charge in [0, 0.05) is 16.8 Å². The Morgan fingerprint density at radius 2 is 1.60 bits per heavy atom. The van der Waals surface area contributed by atoms with Crippen LogP contribution in [-0.2, 0) is 9.59 Å². The highest BCUT2D eigenvalue weighted by Gasteiger charge is 2.64. The molecule has 6 rings (SSSR count). The van der Waals surface area contributed by atoms with Gasteiger partial charge in [0.15, 0.2) is 5.78 Å². The standard InChI is InChI=1S/C27H17Cl2FN2O3/c28-15-5-10-19(20(29)13-15)25(33)24-22-21(23-18-4-2-1-3-14(18)11-12-31(23)24)26(34)32(27(22)35)17-8-6-16(30)7-9-17/h1-13,21-24H/t21-,22+,23-,24-/m0/s1. The smallest absolute Gasteiger partial charge is 0.240 e. The monoisotopic (exact) mass is 506 g/mol. The largest absolute Gasteiger partial charge is 0.358 e. The summed E-state index contributed by atoms with van der Waals surface area (Å²) in [6.45, 7) is 0. The molecule has 35 heavy (non-hydrogen) atoms. The topological polar surface area (TPSA) is 57.7 Å². The molecule has 0 aliphatic carbocycles. The maximum absolute atomic E-state index is 13.9. The molecule has 3 aromatic rings. The van der Waals surface area contributed by atoms with Crippen LogP contribution >= 0.6 is 23.2 Å². The lowest BCUT2D eigenvalue weighted by Crippen LogP contribution is -2.44. The first-order valence-corrected chi connectivity index (χ1v) is 11.8. The zero-order chi connectivity index (χ0) is 24.4. The van der Waals surface area contributed by atoms with Crippen molar-refractivity contribution in [2.24, 2.45) is 11.8 Å². The number of amides is 2. The van der Waals surface area contributed by atoms with Crippen molar-refractivity contribution in [3.8, 4) is 0 Å². The zero-order valence-electron chi connectivity index (χ0n) is 18.1. The van der Waals surface area contributed by atoms with Crippen LogP contribution in [0.3, 0.4) is 0 Å². The van der Waals surface area contributed by atoms with Crippen molar-refractivity contribution in [2.45, 2.75) is 12.1 Å². The Balaban J connectivity index is 1.50. The molecule has 3 aromatic carbocycles. The third-order valence-electron chi connectivity index (χ3n) is 7.01.